The molecule has 140 valence electrons. The fourth-order valence-corrected chi connectivity index (χ4v) is 2.03. The number of carbonyl (C=O) groups is 2. The maximum Gasteiger partial charge on any atom is 0.221 e. The summed E-state index contributed by atoms with van der Waals surface area (Å²) in [6.45, 7) is 2.89. The summed E-state index contributed by atoms with van der Waals surface area (Å²) in [5, 5.41) is 5.24. The topological polar surface area (TPSA) is 129 Å². The van der Waals surface area contributed by atoms with Crippen LogP contribution < -0.4 is 31.6 Å². The molecule has 6 N–H and O–H groups in total. The van der Waals surface area contributed by atoms with E-state index in [1.807, 2.05) is 0 Å². The third-order valence-electron chi connectivity index (χ3n) is 3.10. The van der Waals surface area contributed by atoms with Crippen LogP contribution >= 0.6 is 0 Å². The standard InChI is InChI=1S/2C9H12N2O2/c2*1-6(12)11-7-3-4-9(13-2)8(10)5-7/h2*3-5H,10H2,1-2H3,(H,11,12). The van der Waals surface area contributed by atoms with E-state index in [2.05, 4.69) is 10.6 Å². The van der Waals surface area contributed by atoms with Crippen LogP contribution in [0.3, 0.4) is 0 Å². The molecule has 0 unspecified atom stereocenters. The van der Waals surface area contributed by atoms with Crippen LogP contribution in [0.25, 0.3) is 0 Å². The van der Waals surface area contributed by atoms with E-state index in [0.29, 0.717) is 34.2 Å². The molecule has 0 atom stereocenters. The number of hydrogen-bond donors (Lipinski definition) is 4. The summed E-state index contributed by atoms with van der Waals surface area (Å²) in [6.07, 6.45) is 0. The van der Waals surface area contributed by atoms with Gasteiger partial charge in [0.05, 0.1) is 25.6 Å². The highest BCUT2D eigenvalue weighted by Crippen LogP contribution is 2.25. The van der Waals surface area contributed by atoms with E-state index < -0.39 is 0 Å². The Hall–Kier alpha value is -3.42. The van der Waals surface area contributed by atoms with Crippen molar-refractivity contribution in [3.63, 3.8) is 0 Å². The summed E-state index contributed by atoms with van der Waals surface area (Å²) in [5.41, 5.74) is 13.6. The van der Waals surface area contributed by atoms with Crippen LogP contribution in [0.4, 0.5) is 22.7 Å². The molecule has 0 aliphatic rings. The van der Waals surface area contributed by atoms with E-state index >= 15 is 0 Å². The monoisotopic (exact) mass is 360 g/mol. The molecule has 2 amide bonds. The Morgan fingerprint density at radius 3 is 1.35 bits per heavy atom. The zero-order valence-electron chi connectivity index (χ0n) is 15.3. The predicted molar refractivity (Wildman–Crippen MR) is 103 cm³/mol. The minimum atomic E-state index is -0.121. The van der Waals surface area contributed by atoms with Gasteiger partial charge in [-0.15, -0.1) is 0 Å². The normalized spacial score (nSPS) is 9.38. The number of nitrogens with one attached hydrogen (secondary N) is 2. The van der Waals surface area contributed by atoms with Crippen molar-refractivity contribution in [1.82, 2.24) is 0 Å². The summed E-state index contributed by atoms with van der Waals surface area (Å²) in [6, 6.07) is 10.2. The average Bonchev–Trinajstić information content (AvgIpc) is 2.55. The van der Waals surface area contributed by atoms with E-state index in [0.717, 1.165) is 0 Å². The second-order valence-corrected chi connectivity index (χ2v) is 5.28. The van der Waals surface area contributed by atoms with Crippen molar-refractivity contribution >= 4 is 34.6 Å². The molecule has 0 fully saturated rings. The summed E-state index contributed by atoms with van der Waals surface area (Å²) < 4.78 is 9.93. The number of benzene rings is 2. The Kier molecular flexibility index (Phi) is 7.75. The number of rotatable bonds is 4. The first-order chi connectivity index (χ1) is 12.3. The van der Waals surface area contributed by atoms with Crippen LogP contribution in [0.15, 0.2) is 36.4 Å². The molecule has 0 radical (unpaired) electrons. The maximum atomic E-state index is 10.7. The molecule has 0 aliphatic heterocycles. The largest absolute Gasteiger partial charge is 0.495 e. The molecule has 0 aromatic heterocycles. The van der Waals surface area contributed by atoms with Crippen LogP contribution in [0.1, 0.15) is 13.8 Å². The molecular formula is C18H24N4O4. The first kappa shape index (κ1) is 20.6. The van der Waals surface area contributed by atoms with Gasteiger partial charge in [0.2, 0.25) is 11.8 Å². The zero-order valence-corrected chi connectivity index (χ0v) is 15.3. The molecule has 2 aromatic rings. The van der Waals surface area contributed by atoms with Crippen molar-refractivity contribution in [3.05, 3.63) is 36.4 Å². The number of nitrogen functional groups attached to an aromatic ring is 2. The van der Waals surface area contributed by atoms with Gasteiger partial charge in [-0.05, 0) is 36.4 Å². The summed E-state index contributed by atoms with van der Waals surface area (Å²) >= 11 is 0. The van der Waals surface area contributed by atoms with Crippen molar-refractivity contribution < 1.29 is 19.1 Å². The molecule has 26 heavy (non-hydrogen) atoms. The molecule has 2 rings (SSSR count). The highest BCUT2D eigenvalue weighted by Gasteiger charge is 2.01. The lowest BCUT2D eigenvalue weighted by molar-refractivity contribution is -0.115. The molecule has 2 aromatic carbocycles. The van der Waals surface area contributed by atoms with Crippen LogP contribution in [-0.2, 0) is 9.59 Å². The molecule has 0 spiro atoms. The number of carbonyl (C=O) groups excluding carboxylic acids is 2. The molecule has 8 heteroatoms. The second kappa shape index (κ2) is 9.77. The van der Waals surface area contributed by atoms with Gasteiger partial charge in [-0.3, -0.25) is 9.59 Å². The molecule has 0 aliphatic carbocycles. The van der Waals surface area contributed by atoms with E-state index in [1.165, 1.54) is 13.8 Å². The molecule has 0 saturated carbocycles. The van der Waals surface area contributed by atoms with Gasteiger partial charge in [0.15, 0.2) is 0 Å². The predicted octanol–water partition coefficient (Wildman–Crippen LogP) is 2.47. The van der Waals surface area contributed by atoms with Gasteiger partial charge >= 0.3 is 0 Å². The quantitative estimate of drug-likeness (QED) is 0.620. The second-order valence-electron chi connectivity index (χ2n) is 5.28. The maximum absolute atomic E-state index is 10.7. The van der Waals surface area contributed by atoms with E-state index in [1.54, 1.807) is 50.6 Å². The number of hydrogen-bond acceptors (Lipinski definition) is 6. The van der Waals surface area contributed by atoms with Crippen LogP contribution in [0, 0.1) is 0 Å². The molecule has 8 nitrogen and oxygen atoms in total. The Morgan fingerprint density at radius 1 is 0.769 bits per heavy atom. The number of anilines is 4. The lowest BCUT2D eigenvalue weighted by Crippen LogP contribution is -2.06. The van der Waals surface area contributed by atoms with Crippen molar-refractivity contribution in [1.29, 1.82) is 0 Å². The van der Waals surface area contributed by atoms with Crippen LogP contribution in [-0.4, -0.2) is 26.0 Å². The van der Waals surface area contributed by atoms with E-state index in [9.17, 15) is 9.59 Å². The van der Waals surface area contributed by atoms with Crippen LogP contribution in [0.2, 0.25) is 0 Å². The molecule has 0 saturated heterocycles. The first-order valence-electron chi connectivity index (χ1n) is 7.69. The van der Waals surface area contributed by atoms with Crippen molar-refractivity contribution in [2.24, 2.45) is 0 Å². The van der Waals surface area contributed by atoms with Gasteiger partial charge in [-0.25, -0.2) is 0 Å². The average molecular weight is 360 g/mol. The summed E-state index contributed by atoms with van der Waals surface area (Å²) in [7, 11) is 3.09. The molecular weight excluding hydrogens is 336 g/mol. The van der Waals surface area contributed by atoms with Gasteiger partial charge in [0.25, 0.3) is 0 Å². The van der Waals surface area contributed by atoms with Crippen molar-refractivity contribution in [3.8, 4) is 11.5 Å². The summed E-state index contributed by atoms with van der Waals surface area (Å²) in [5.74, 6) is 0.970. The highest BCUT2D eigenvalue weighted by molar-refractivity contribution is 5.90. The zero-order chi connectivity index (χ0) is 19.7. The Balaban J connectivity index is 0.000000260. The third-order valence-corrected chi connectivity index (χ3v) is 3.10. The fraction of sp³-hybridized carbons (Fsp3) is 0.222. The Bertz CT molecular complexity index is 712. The van der Waals surface area contributed by atoms with Gasteiger partial charge < -0.3 is 31.6 Å². The minimum Gasteiger partial charge on any atom is -0.495 e. The lowest BCUT2D eigenvalue weighted by Gasteiger charge is -2.06. The third kappa shape index (κ3) is 6.60. The molecule has 0 bridgehead atoms. The summed E-state index contributed by atoms with van der Waals surface area (Å²) in [4.78, 5) is 21.4. The van der Waals surface area contributed by atoms with E-state index in [-0.39, 0.29) is 11.8 Å². The van der Waals surface area contributed by atoms with Gasteiger partial charge in [0, 0.05) is 25.2 Å². The van der Waals surface area contributed by atoms with Gasteiger partial charge in [0.1, 0.15) is 11.5 Å². The smallest absolute Gasteiger partial charge is 0.221 e. The fourth-order valence-electron chi connectivity index (χ4n) is 2.03. The van der Waals surface area contributed by atoms with Crippen LogP contribution in [0.5, 0.6) is 11.5 Å². The molecule has 0 heterocycles. The SMILES string of the molecule is COc1ccc(NC(C)=O)cc1N.COc1ccc(NC(C)=O)cc1N. The number of nitrogens with two attached hydrogens (primary N) is 2. The highest BCUT2D eigenvalue weighted by atomic mass is 16.5. The van der Waals surface area contributed by atoms with Crippen molar-refractivity contribution in [2.45, 2.75) is 13.8 Å². The Labute approximate surface area is 152 Å². The van der Waals surface area contributed by atoms with E-state index in [4.69, 9.17) is 20.9 Å². The van der Waals surface area contributed by atoms with Gasteiger partial charge in [-0.1, -0.05) is 0 Å². The lowest BCUT2D eigenvalue weighted by atomic mass is 10.2. The van der Waals surface area contributed by atoms with Gasteiger partial charge in [-0.2, -0.15) is 0 Å². The first-order valence-corrected chi connectivity index (χ1v) is 7.69. The number of methoxy groups -OCH3 is 2. The minimum absolute atomic E-state index is 0.121. The number of amides is 2. The Morgan fingerprint density at radius 2 is 1.12 bits per heavy atom. The number of ether oxygens (including phenoxy) is 2. The van der Waals surface area contributed by atoms with Crippen molar-refractivity contribution in [2.75, 3.05) is 36.3 Å².